The molecule has 0 bridgehead atoms. The molecule has 6 heteroatoms. The van der Waals surface area contributed by atoms with Gasteiger partial charge in [0.2, 0.25) is 5.91 Å². The molecule has 1 aromatic rings. The van der Waals surface area contributed by atoms with Gasteiger partial charge < -0.3 is 10.1 Å². The standard InChI is InChI=1S/C17H26FN3O2/c1-20(2)16(14-4-6-15(18)7-5-14)17(22)19-8-3-9-21-10-12-23-13-11-21/h4-7,16H,3,8-13H2,1-2H3,(H,19,22). The van der Waals surface area contributed by atoms with Gasteiger partial charge in [-0.3, -0.25) is 14.6 Å². The fourth-order valence-electron chi connectivity index (χ4n) is 2.76. The lowest BCUT2D eigenvalue weighted by Crippen LogP contribution is -2.40. The molecule has 0 saturated carbocycles. The first-order chi connectivity index (χ1) is 11.1. The molecule has 1 aromatic carbocycles. The number of carbonyl (C=O) groups excluding carboxylic acids is 1. The summed E-state index contributed by atoms with van der Waals surface area (Å²) in [5, 5.41) is 2.98. The quantitative estimate of drug-likeness (QED) is 0.768. The van der Waals surface area contributed by atoms with E-state index in [2.05, 4.69) is 10.2 Å². The first-order valence-corrected chi connectivity index (χ1v) is 8.07. The molecule has 1 heterocycles. The van der Waals surface area contributed by atoms with E-state index >= 15 is 0 Å². The molecule has 1 aliphatic rings. The van der Waals surface area contributed by atoms with E-state index in [9.17, 15) is 9.18 Å². The molecule has 1 saturated heterocycles. The predicted octanol–water partition coefficient (Wildman–Crippen LogP) is 1.27. The average molecular weight is 323 g/mol. The van der Waals surface area contributed by atoms with Crippen molar-refractivity contribution in [3.63, 3.8) is 0 Å². The third-order valence-corrected chi connectivity index (χ3v) is 4.00. The van der Waals surface area contributed by atoms with Gasteiger partial charge in [0.1, 0.15) is 11.9 Å². The number of benzene rings is 1. The van der Waals surface area contributed by atoms with Crippen LogP contribution in [-0.2, 0) is 9.53 Å². The number of likely N-dealkylation sites (N-methyl/N-ethyl adjacent to an activating group) is 1. The molecule has 0 aliphatic carbocycles. The lowest BCUT2D eigenvalue weighted by Gasteiger charge is -2.27. The van der Waals surface area contributed by atoms with Gasteiger partial charge in [-0.2, -0.15) is 0 Å². The predicted molar refractivity (Wildman–Crippen MR) is 87.7 cm³/mol. The van der Waals surface area contributed by atoms with Gasteiger partial charge >= 0.3 is 0 Å². The van der Waals surface area contributed by atoms with Crippen LogP contribution in [-0.4, -0.2) is 69.2 Å². The summed E-state index contributed by atoms with van der Waals surface area (Å²) in [6.07, 6.45) is 0.912. The van der Waals surface area contributed by atoms with Gasteiger partial charge in [0.05, 0.1) is 13.2 Å². The number of nitrogens with zero attached hydrogens (tertiary/aromatic N) is 2. The largest absolute Gasteiger partial charge is 0.379 e. The van der Waals surface area contributed by atoms with E-state index in [-0.39, 0.29) is 11.7 Å². The summed E-state index contributed by atoms with van der Waals surface area (Å²) in [6, 6.07) is 5.69. The second-order valence-corrected chi connectivity index (χ2v) is 6.02. The van der Waals surface area contributed by atoms with Crippen molar-refractivity contribution < 1.29 is 13.9 Å². The number of ether oxygens (including phenoxy) is 1. The van der Waals surface area contributed by atoms with E-state index in [4.69, 9.17) is 4.74 Å². The molecule has 1 N–H and O–H groups in total. The molecule has 1 fully saturated rings. The first-order valence-electron chi connectivity index (χ1n) is 8.07. The Hall–Kier alpha value is -1.50. The lowest BCUT2D eigenvalue weighted by molar-refractivity contribution is -0.125. The number of halogens is 1. The third kappa shape index (κ3) is 5.57. The molecule has 1 amide bonds. The maximum atomic E-state index is 13.0. The summed E-state index contributed by atoms with van der Waals surface area (Å²) in [6.45, 7) is 5.11. The SMILES string of the molecule is CN(C)C(C(=O)NCCCN1CCOCC1)c1ccc(F)cc1. The fraction of sp³-hybridized carbons (Fsp3) is 0.588. The molecular formula is C17H26FN3O2. The summed E-state index contributed by atoms with van der Waals surface area (Å²) < 4.78 is 18.4. The van der Waals surface area contributed by atoms with E-state index in [0.717, 1.165) is 44.8 Å². The minimum Gasteiger partial charge on any atom is -0.379 e. The van der Waals surface area contributed by atoms with Crippen LogP contribution in [0.25, 0.3) is 0 Å². The fourth-order valence-corrected chi connectivity index (χ4v) is 2.76. The molecule has 1 atom stereocenters. The monoisotopic (exact) mass is 323 g/mol. The topological polar surface area (TPSA) is 44.8 Å². The van der Waals surface area contributed by atoms with Crippen LogP contribution in [0, 0.1) is 5.82 Å². The van der Waals surface area contributed by atoms with E-state index in [1.54, 1.807) is 12.1 Å². The maximum Gasteiger partial charge on any atom is 0.241 e. The van der Waals surface area contributed by atoms with Crippen molar-refractivity contribution in [2.75, 3.05) is 53.5 Å². The highest BCUT2D eigenvalue weighted by Crippen LogP contribution is 2.18. The Balaban J connectivity index is 1.80. The van der Waals surface area contributed by atoms with Crippen LogP contribution in [0.3, 0.4) is 0 Å². The third-order valence-electron chi connectivity index (χ3n) is 4.00. The van der Waals surface area contributed by atoms with Gasteiger partial charge in [-0.05, 0) is 44.8 Å². The lowest BCUT2D eigenvalue weighted by atomic mass is 10.1. The van der Waals surface area contributed by atoms with Crippen molar-refractivity contribution >= 4 is 5.91 Å². The highest BCUT2D eigenvalue weighted by atomic mass is 19.1. The molecule has 128 valence electrons. The van der Waals surface area contributed by atoms with Gasteiger partial charge in [0.15, 0.2) is 0 Å². The van der Waals surface area contributed by atoms with Gasteiger partial charge in [-0.1, -0.05) is 12.1 Å². The molecule has 23 heavy (non-hydrogen) atoms. The van der Waals surface area contributed by atoms with Crippen molar-refractivity contribution in [3.05, 3.63) is 35.6 Å². The normalized spacial score (nSPS) is 17.2. The maximum absolute atomic E-state index is 13.0. The van der Waals surface area contributed by atoms with Crippen LogP contribution in [0.4, 0.5) is 4.39 Å². The zero-order valence-corrected chi connectivity index (χ0v) is 13.9. The summed E-state index contributed by atoms with van der Waals surface area (Å²) in [7, 11) is 3.70. The molecule has 0 aromatic heterocycles. The van der Waals surface area contributed by atoms with Gasteiger partial charge in [-0.15, -0.1) is 0 Å². The van der Waals surface area contributed by atoms with Crippen LogP contribution >= 0.6 is 0 Å². The molecule has 0 radical (unpaired) electrons. The van der Waals surface area contributed by atoms with E-state index in [1.807, 2.05) is 19.0 Å². The van der Waals surface area contributed by atoms with Crippen LogP contribution in [0.15, 0.2) is 24.3 Å². The Bertz CT molecular complexity index is 487. The van der Waals surface area contributed by atoms with Crippen LogP contribution in [0.2, 0.25) is 0 Å². The van der Waals surface area contributed by atoms with Crippen molar-refractivity contribution in [2.45, 2.75) is 12.5 Å². The van der Waals surface area contributed by atoms with Crippen LogP contribution < -0.4 is 5.32 Å². The van der Waals surface area contributed by atoms with E-state index in [0.29, 0.717) is 6.54 Å². The van der Waals surface area contributed by atoms with Crippen molar-refractivity contribution in [2.24, 2.45) is 0 Å². The minimum atomic E-state index is -0.404. The van der Waals surface area contributed by atoms with Crippen LogP contribution in [0.5, 0.6) is 0 Å². The summed E-state index contributed by atoms with van der Waals surface area (Å²) >= 11 is 0. The Morgan fingerprint density at radius 2 is 1.96 bits per heavy atom. The van der Waals surface area contributed by atoms with Crippen molar-refractivity contribution in [3.8, 4) is 0 Å². The Morgan fingerprint density at radius 1 is 1.30 bits per heavy atom. The van der Waals surface area contributed by atoms with Crippen molar-refractivity contribution in [1.29, 1.82) is 0 Å². The number of rotatable bonds is 7. The first kappa shape index (κ1) is 17.8. The summed E-state index contributed by atoms with van der Waals surface area (Å²) in [4.78, 5) is 16.6. The zero-order valence-electron chi connectivity index (χ0n) is 13.9. The average Bonchev–Trinajstić information content (AvgIpc) is 2.54. The molecule has 1 unspecified atom stereocenters. The van der Waals surface area contributed by atoms with E-state index < -0.39 is 6.04 Å². The van der Waals surface area contributed by atoms with E-state index in [1.165, 1.54) is 12.1 Å². The molecule has 5 nitrogen and oxygen atoms in total. The van der Waals surface area contributed by atoms with Crippen LogP contribution in [0.1, 0.15) is 18.0 Å². The highest BCUT2D eigenvalue weighted by Gasteiger charge is 2.22. The molecule has 1 aliphatic heterocycles. The second-order valence-electron chi connectivity index (χ2n) is 6.02. The Labute approximate surface area is 137 Å². The highest BCUT2D eigenvalue weighted by molar-refractivity contribution is 5.83. The minimum absolute atomic E-state index is 0.0522. The number of nitrogens with one attached hydrogen (secondary N) is 1. The number of carbonyl (C=O) groups is 1. The van der Waals surface area contributed by atoms with Gasteiger partial charge in [-0.25, -0.2) is 4.39 Å². The van der Waals surface area contributed by atoms with Crippen molar-refractivity contribution in [1.82, 2.24) is 15.1 Å². The number of hydrogen-bond donors (Lipinski definition) is 1. The summed E-state index contributed by atoms with van der Waals surface area (Å²) in [5.74, 6) is -0.347. The summed E-state index contributed by atoms with van der Waals surface area (Å²) in [5.41, 5.74) is 0.794. The Morgan fingerprint density at radius 3 is 2.57 bits per heavy atom. The van der Waals surface area contributed by atoms with Gasteiger partial charge in [0, 0.05) is 19.6 Å². The van der Waals surface area contributed by atoms with Gasteiger partial charge in [0.25, 0.3) is 0 Å². The molecule has 0 spiro atoms. The zero-order chi connectivity index (χ0) is 16.7. The number of morpholine rings is 1. The molecule has 2 rings (SSSR count). The molecular weight excluding hydrogens is 297 g/mol. The number of amides is 1. The second kappa shape index (κ2) is 8.96. The Kier molecular flexibility index (Phi) is 6.95. The smallest absolute Gasteiger partial charge is 0.241 e. The number of hydrogen-bond acceptors (Lipinski definition) is 4.